The largest absolute Gasteiger partial charge is 0.374 e. The van der Waals surface area contributed by atoms with Crippen molar-refractivity contribution in [2.45, 2.75) is 27.0 Å². The zero-order valence-electron chi connectivity index (χ0n) is 17.6. The van der Waals surface area contributed by atoms with Gasteiger partial charge in [0.1, 0.15) is 23.9 Å². The first kappa shape index (κ1) is 20.4. The van der Waals surface area contributed by atoms with Gasteiger partial charge in [-0.3, -0.25) is 4.57 Å². The molecule has 0 aliphatic carbocycles. The number of ether oxygens (including phenoxy) is 1. The van der Waals surface area contributed by atoms with Gasteiger partial charge in [0.25, 0.3) is 0 Å². The molecule has 0 fully saturated rings. The summed E-state index contributed by atoms with van der Waals surface area (Å²) in [5.41, 5.74) is 3.51. The summed E-state index contributed by atoms with van der Waals surface area (Å²) in [4.78, 5) is 4.70. The first-order chi connectivity index (χ1) is 15.6. The Labute approximate surface area is 189 Å². The van der Waals surface area contributed by atoms with Crippen molar-refractivity contribution in [2.24, 2.45) is 0 Å². The molecule has 0 atom stereocenters. The Hall–Kier alpha value is -3.47. The SMILES string of the molecule is CCOCc1nnc2n1Cc1c(C#Cc3ccccc3F)nc(C)n1-c1ccc(Cl)cc1-2. The fraction of sp³-hybridized carbons (Fsp3) is 0.208. The number of imidazole rings is 1. The van der Waals surface area contributed by atoms with E-state index in [1.54, 1.807) is 18.2 Å². The van der Waals surface area contributed by atoms with E-state index in [9.17, 15) is 4.39 Å². The second-order valence-corrected chi connectivity index (χ2v) is 7.78. The van der Waals surface area contributed by atoms with E-state index in [0.717, 1.165) is 22.8 Å². The number of hydrogen-bond donors (Lipinski definition) is 0. The van der Waals surface area contributed by atoms with Crippen LogP contribution in [-0.4, -0.2) is 30.9 Å². The highest BCUT2D eigenvalue weighted by molar-refractivity contribution is 6.31. The summed E-state index contributed by atoms with van der Waals surface area (Å²) in [7, 11) is 0. The zero-order valence-corrected chi connectivity index (χ0v) is 18.3. The Morgan fingerprint density at radius 3 is 2.81 bits per heavy atom. The summed E-state index contributed by atoms with van der Waals surface area (Å²) in [5.74, 6) is 7.81. The number of nitrogens with zero attached hydrogens (tertiary/aromatic N) is 5. The summed E-state index contributed by atoms with van der Waals surface area (Å²) in [6, 6.07) is 12.1. The van der Waals surface area contributed by atoms with Crippen LogP contribution < -0.4 is 0 Å². The molecule has 6 nitrogen and oxygen atoms in total. The van der Waals surface area contributed by atoms with Crippen molar-refractivity contribution in [1.82, 2.24) is 24.3 Å². The van der Waals surface area contributed by atoms with E-state index in [-0.39, 0.29) is 5.82 Å². The lowest BCUT2D eigenvalue weighted by Crippen LogP contribution is -2.10. The van der Waals surface area contributed by atoms with Gasteiger partial charge < -0.3 is 9.30 Å². The number of aromatic nitrogens is 5. The van der Waals surface area contributed by atoms with E-state index in [0.29, 0.717) is 47.7 Å². The third-order valence-corrected chi connectivity index (χ3v) is 5.58. The molecule has 8 heteroatoms. The van der Waals surface area contributed by atoms with Gasteiger partial charge >= 0.3 is 0 Å². The van der Waals surface area contributed by atoms with Crippen molar-refractivity contribution < 1.29 is 9.13 Å². The minimum absolute atomic E-state index is 0.328. The average molecular weight is 448 g/mol. The Morgan fingerprint density at radius 1 is 1.16 bits per heavy atom. The smallest absolute Gasteiger partial charge is 0.166 e. The molecule has 32 heavy (non-hydrogen) atoms. The van der Waals surface area contributed by atoms with Crippen molar-refractivity contribution in [3.8, 4) is 28.9 Å². The Bertz CT molecular complexity index is 1400. The maximum absolute atomic E-state index is 14.1. The zero-order chi connectivity index (χ0) is 22.2. The van der Waals surface area contributed by atoms with Crippen molar-refractivity contribution in [2.75, 3.05) is 6.61 Å². The predicted molar refractivity (Wildman–Crippen MR) is 119 cm³/mol. The highest BCUT2D eigenvalue weighted by Gasteiger charge is 2.27. The normalized spacial score (nSPS) is 11.8. The highest BCUT2D eigenvalue weighted by atomic mass is 35.5. The number of aryl methyl sites for hydroxylation is 1. The number of benzene rings is 2. The Morgan fingerprint density at radius 2 is 2.00 bits per heavy atom. The monoisotopic (exact) mass is 447 g/mol. The molecule has 0 N–H and O–H groups in total. The van der Waals surface area contributed by atoms with Crippen LogP contribution in [0.3, 0.4) is 0 Å². The standard InChI is InChI=1S/C24H19ClFN5O/c1-3-32-14-23-28-29-24-18-12-17(25)9-11-21(18)31-15(2)27-20(22(31)13-30(23)24)10-8-16-6-4-5-7-19(16)26/h4-7,9,11-12H,3,13-14H2,1-2H3. The van der Waals surface area contributed by atoms with Gasteiger partial charge in [-0.1, -0.05) is 29.7 Å². The molecular formula is C24H19ClFN5O. The van der Waals surface area contributed by atoms with Gasteiger partial charge in [-0.05, 0) is 50.1 Å². The summed E-state index contributed by atoms with van der Waals surface area (Å²) < 4.78 is 23.7. The maximum Gasteiger partial charge on any atom is 0.166 e. The van der Waals surface area contributed by atoms with Crippen molar-refractivity contribution in [1.29, 1.82) is 0 Å². The van der Waals surface area contributed by atoms with Crippen LogP contribution in [0.25, 0.3) is 17.1 Å². The Balaban J connectivity index is 1.71. The van der Waals surface area contributed by atoms with E-state index >= 15 is 0 Å². The molecular weight excluding hydrogens is 429 g/mol. The van der Waals surface area contributed by atoms with Crippen LogP contribution >= 0.6 is 11.6 Å². The van der Waals surface area contributed by atoms with Gasteiger partial charge in [-0.2, -0.15) is 0 Å². The fourth-order valence-corrected chi connectivity index (χ4v) is 4.04. The number of fused-ring (bicyclic) bond motifs is 5. The quantitative estimate of drug-likeness (QED) is 0.381. The molecule has 160 valence electrons. The summed E-state index contributed by atoms with van der Waals surface area (Å²) >= 11 is 6.33. The van der Waals surface area contributed by atoms with Gasteiger partial charge in [0.05, 0.1) is 23.5 Å². The molecule has 2 aromatic heterocycles. The molecule has 5 rings (SSSR count). The molecule has 0 saturated carbocycles. The Kier molecular flexibility index (Phi) is 5.25. The van der Waals surface area contributed by atoms with Crippen molar-refractivity contribution in [3.63, 3.8) is 0 Å². The van der Waals surface area contributed by atoms with Gasteiger partial charge in [-0.15, -0.1) is 10.2 Å². The first-order valence-electron chi connectivity index (χ1n) is 10.2. The molecule has 0 spiro atoms. The molecule has 0 saturated heterocycles. The van der Waals surface area contributed by atoms with Crippen LogP contribution in [0.15, 0.2) is 42.5 Å². The van der Waals surface area contributed by atoms with Crippen LogP contribution in [0.5, 0.6) is 0 Å². The summed E-state index contributed by atoms with van der Waals surface area (Å²) in [6.07, 6.45) is 0. The third kappa shape index (κ3) is 3.48. The van der Waals surface area contributed by atoms with Gasteiger partial charge in [0, 0.05) is 17.2 Å². The molecule has 2 aromatic carbocycles. The molecule has 4 aromatic rings. The minimum Gasteiger partial charge on any atom is -0.374 e. The number of rotatable bonds is 3. The lowest BCUT2D eigenvalue weighted by molar-refractivity contribution is 0.125. The van der Waals surface area contributed by atoms with Crippen LogP contribution in [-0.2, 0) is 17.9 Å². The molecule has 0 amide bonds. The van der Waals surface area contributed by atoms with E-state index in [4.69, 9.17) is 21.3 Å². The first-order valence-corrected chi connectivity index (χ1v) is 10.6. The fourth-order valence-electron chi connectivity index (χ4n) is 3.87. The number of halogens is 2. The minimum atomic E-state index is -0.359. The summed E-state index contributed by atoms with van der Waals surface area (Å²) in [5, 5.41) is 9.39. The van der Waals surface area contributed by atoms with Crippen LogP contribution in [0.1, 0.15) is 35.5 Å². The topological polar surface area (TPSA) is 57.8 Å². The second-order valence-electron chi connectivity index (χ2n) is 7.34. The predicted octanol–water partition coefficient (Wildman–Crippen LogP) is 4.53. The van der Waals surface area contributed by atoms with Crippen molar-refractivity contribution in [3.05, 3.63) is 81.9 Å². The van der Waals surface area contributed by atoms with E-state index in [1.165, 1.54) is 6.07 Å². The third-order valence-electron chi connectivity index (χ3n) is 5.34. The summed E-state index contributed by atoms with van der Waals surface area (Å²) in [6.45, 7) is 5.20. The molecule has 0 unspecified atom stereocenters. The highest BCUT2D eigenvalue weighted by Crippen LogP contribution is 2.35. The molecule has 1 aliphatic heterocycles. The molecule has 0 bridgehead atoms. The molecule has 3 heterocycles. The number of hydrogen-bond acceptors (Lipinski definition) is 4. The van der Waals surface area contributed by atoms with Gasteiger partial charge in [-0.25, -0.2) is 9.37 Å². The molecule has 1 aliphatic rings. The van der Waals surface area contributed by atoms with Gasteiger partial charge in [0.2, 0.25) is 0 Å². The van der Waals surface area contributed by atoms with Crippen molar-refractivity contribution >= 4 is 11.6 Å². The van der Waals surface area contributed by atoms with E-state index in [2.05, 4.69) is 26.6 Å². The van der Waals surface area contributed by atoms with E-state index < -0.39 is 0 Å². The lowest BCUT2D eigenvalue weighted by Gasteiger charge is -2.10. The van der Waals surface area contributed by atoms with Gasteiger partial charge in [0.15, 0.2) is 11.6 Å². The van der Waals surface area contributed by atoms with Crippen LogP contribution in [0.4, 0.5) is 4.39 Å². The van der Waals surface area contributed by atoms with Crippen LogP contribution in [0.2, 0.25) is 5.02 Å². The lowest BCUT2D eigenvalue weighted by atomic mass is 10.1. The van der Waals surface area contributed by atoms with E-state index in [1.807, 2.05) is 36.6 Å². The average Bonchev–Trinajstić information content (AvgIpc) is 3.28. The molecule has 0 radical (unpaired) electrons. The van der Waals surface area contributed by atoms with Crippen LogP contribution in [0, 0.1) is 24.6 Å². The second kappa shape index (κ2) is 8.23. The maximum atomic E-state index is 14.1.